The zero-order valence-corrected chi connectivity index (χ0v) is 25.5. The number of nitrogens with zero attached hydrogens (tertiary/aromatic N) is 2. The first-order valence-corrected chi connectivity index (χ1v) is 14.1. The fourth-order valence-corrected chi connectivity index (χ4v) is 5.91. The van der Waals surface area contributed by atoms with E-state index in [4.69, 9.17) is 20.4 Å². The van der Waals surface area contributed by atoms with E-state index in [0.29, 0.717) is 49.2 Å². The highest BCUT2D eigenvalue weighted by molar-refractivity contribution is 6.41. The smallest absolute Gasteiger partial charge is 0.237 e. The Bertz CT molecular complexity index is 1270. The van der Waals surface area contributed by atoms with Crippen LogP contribution in [0.15, 0.2) is 36.4 Å². The van der Waals surface area contributed by atoms with Crippen molar-refractivity contribution in [1.29, 1.82) is 0 Å². The van der Waals surface area contributed by atoms with Gasteiger partial charge < -0.3 is 20.2 Å². The predicted molar refractivity (Wildman–Crippen MR) is 164 cm³/mol. The molecule has 1 heterocycles. The van der Waals surface area contributed by atoms with Crippen molar-refractivity contribution < 1.29 is 23.5 Å². The van der Waals surface area contributed by atoms with Crippen molar-refractivity contribution in [3.63, 3.8) is 0 Å². The van der Waals surface area contributed by atoms with Crippen LogP contribution >= 0.6 is 0 Å². The SMILES string of the molecule is [B]C([B])(Nc1cccc(C=O)c1CN(C)C(CCC=O)C(=O)NC)c1cc(CN2CC(C)(C)OC(C)(C)C2)ccc1F. The molecule has 0 aromatic heterocycles. The van der Waals surface area contributed by atoms with Crippen LogP contribution in [0.5, 0.6) is 0 Å². The van der Waals surface area contributed by atoms with Gasteiger partial charge in [-0.05, 0) is 75.3 Å². The number of benzene rings is 2. The van der Waals surface area contributed by atoms with Crippen LogP contribution in [-0.2, 0) is 32.8 Å². The molecule has 1 unspecified atom stereocenters. The van der Waals surface area contributed by atoms with Gasteiger partial charge in [-0.3, -0.25) is 19.4 Å². The summed E-state index contributed by atoms with van der Waals surface area (Å²) in [5.41, 5.74) is 1.54. The second-order valence-corrected chi connectivity index (χ2v) is 12.4. The summed E-state index contributed by atoms with van der Waals surface area (Å²) >= 11 is 0. The molecule has 2 aromatic rings. The maximum absolute atomic E-state index is 15.2. The van der Waals surface area contributed by atoms with Crippen molar-refractivity contribution in [3.8, 4) is 0 Å². The van der Waals surface area contributed by atoms with Crippen LogP contribution in [-0.4, -0.2) is 88.4 Å². The first kappa shape index (κ1) is 33.5. The molecule has 1 aliphatic rings. The van der Waals surface area contributed by atoms with E-state index < -0.39 is 17.2 Å². The summed E-state index contributed by atoms with van der Waals surface area (Å²) in [5.74, 6) is -0.826. The van der Waals surface area contributed by atoms with Gasteiger partial charge >= 0.3 is 0 Å². The second-order valence-electron chi connectivity index (χ2n) is 12.4. The molecule has 2 N–H and O–H groups in total. The van der Waals surface area contributed by atoms with Crippen molar-refractivity contribution >= 4 is 39.9 Å². The molecule has 1 aliphatic heterocycles. The Morgan fingerprint density at radius 2 is 1.83 bits per heavy atom. The molecule has 1 amide bonds. The minimum absolute atomic E-state index is 0.0665. The summed E-state index contributed by atoms with van der Waals surface area (Å²) in [6.45, 7) is 10.3. The number of carbonyl (C=O) groups is 3. The van der Waals surface area contributed by atoms with Gasteiger partial charge in [-0.25, -0.2) is 4.39 Å². The van der Waals surface area contributed by atoms with E-state index in [0.717, 1.165) is 11.8 Å². The number of hydrogen-bond donors (Lipinski definition) is 2. The number of aldehydes is 2. The average Bonchev–Trinajstić information content (AvgIpc) is 2.88. The third kappa shape index (κ3) is 8.52. The van der Waals surface area contributed by atoms with Gasteiger partial charge in [-0.1, -0.05) is 24.3 Å². The lowest BCUT2D eigenvalue weighted by atomic mass is 9.57. The average molecular weight is 574 g/mol. The highest BCUT2D eigenvalue weighted by atomic mass is 19.1. The number of likely N-dealkylation sites (N-methyl/N-ethyl adjacent to an activating group) is 2. The first-order valence-electron chi connectivity index (χ1n) is 14.1. The number of nitrogens with one attached hydrogen (secondary N) is 2. The molecule has 2 aromatic carbocycles. The van der Waals surface area contributed by atoms with Crippen LogP contribution in [0.3, 0.4) is 0 Å². The highest BCUT2D eigenvalue weighted by Gasteiger charge is 2.38. The molecule has 8 nitrogen and oxygen atoms in total. The van der Waals surface area contributed by atoms with Gasteiger partial charge in [0.1, 0.15) is 18.4 Å². The quantitative estimate of drug-likeness (QED) is 0.281. The van der Waals surface area contributed by atoms with Crippen LogP contribution < -0.4 is 10.6 Å². The Hall–Kier alpha value is -3.01. The lowest BCUT2D eigenvalue weighted by Gasteiger charge is -2.47. The summed E-state index contributed by atoms with van der Waals surface area (Å²) in [4.78, 5) is 39.5. The van der Waals surface area contributed by atoms with Crippen LogP contribution in [0.2, 0.25) is 0 Å². The van der Waals surface area contributed by atoms with Gasteiger partial charge in [0.15, 0.2) is 0 Å². The van der Waals surface area contributed by atoms with Gasteiger partial charge in [0.05, 0.1) is 32.9 Å². The van der Waals surface area contributed by atoms with Crippen molar-refractivity contribution in [3.05, 3.63) is 64.5 Å². The van der Waals surface area contributed by atoms with Gasteiger partial charge in [0.2, 0.25) is 5.91 Å². The molecule has 1 saturated heterocycles. The molecular weight excluding hydrogens is 533 g/mol. The number of hydrogen-bond acceptors (Lipinski definition) is 7. The maximum atomic E-state index is 15.2. The zero-order valence-electron chi connectivity index (χ0n) is 25.5. The number of ether oxygens (including phenoxy) is 1. The van der Waals surface area contributed by atoms with E-state index in [9.17, 15) is 14.4 Å². The van der Waals surface area contributed by atoms with Gasteiger partial charge in [0, 0.05) is 50.9 Å². The number of rotatable bonds is 13. The van der Waals surface area contributed by atoms with E-state index in [2.05, 4.69) is 15.5 Å². The van der Waals surface area contributed by atoms with Crippen LogP contribution in [0, 0.1) is 5.82 Å². The fourth-order valence-electron chi connectivity index (χ4n) is 5.91. The van der Waals surface area contributed by atoms with E-state index in [-0.39, 0.29) is 35.6 Å². The summed E-state index contributed by atoms with van der Waals surface area (Å²) in [6.07, 6.45) is 1.97. The van der Waals surface area contributed by atoms with Crippen LogP contribution in [0.4, 0.5) is 10.1 Å². The Morgan fingerprint density at radius 1 is 1.17 bits per heavy atom. The Balaban J connectivity index is 1.90. The van der Waals surface area contributed by atoms with Crippen molar-refractivity contribution in [1.82, 2.24) is 15.1 Å². The predicted octanol–water partition coefficient (Wildman–Crippen LogP) is 3.11. The minimum Gasteiger partial charge on any atom is -0.392 e. The molecule has 0 saturated carbocycles. The minimum atomic E-state index is -1.84. The number of carbonyl (C=O) groups excluding carboxylic acids is 3. The van der Waals surface area contributed by atoms with Crippen molar-refractivity contribution in [2.24, 2.45) is 0 Å². The van der Waals surface area contributed by atoms with Crippen molar-refractivity contribution in [2.45, 2.75) is 76.2 Å². The Labute approximate surface area is 251 Å². The molecule has 42 heavy (non-hydrogen) atoms. The first-order chi connectivity index (χ1) is 19.6. The molecule has 0 bridgehead atoms. The molecule has 1 fully saturated rings. The molecular formula is C31H41B2FN4O4. The van der Waals surface area contributed by atoms with Gasteiger partial charge in [0.25, 0.3) is 0 Å². The lowest BCUT2D eigenvalue weighted by molar-refractivity contribution is -0.182. The largest absolute Gasteiger partial charge is 0.392 e. The van der Waals surface area contributed by atoms with E-state index in [1.807, 2.05) is 27.7 Å². The Morgan fingerprint density at radius 3 is 2.43 bits per heavy atom. The standard InChI is InChI=1S/C31H41B2FN4O4/c1-29(2)19-38(20-30(3,4)42-29)16-21-12-13-25(34)24(15-21)31(32,33)36-26-10-7-9-22(18-40)23(26)17-37(6)27(11-8-14-39)28(41)35-5/h7,9-10,12-15,18,27,36H,8,11,16-17,19-20H2,1-6H3,(H,35,41). The third-order valence-corrected chi connectivity index (χ3v) is 7.37. The highest BCUT2D eigenvalue weighted by Crippen LogP contribution is 2.31. The molecule has 3 rings (SSSR count). The molecule has 0 aliphatic carbocycles. The van der Waals surface area contributed by atoms with E-state index in [1.54, 1.807) is 42.3 Å². The summed E-state index contributed by atoms with van der Waals surface area (Å²) in [5, 5.41) is 3.83. The second kappa shape index (κ2) is 13.5. The Kier molecular flexibility index (Phi) is 10.8. The molecule has 0 spiro atoms. The van der Waals surface area contributed by atoms with E-state index in [1.165, 1.54) is 13.1 Å². The molecule has 222 valence electrons. The topological polar surface area (TPSA) is 91.0 Å². The van der Waals surface area contributed by atoms with E-state index >= 15 is 4.39 Å². The normalized spacial score (nSPS) is 17.4. The number of morpholine rings is 1. The van der Waals surface area contributed by atoms with Crippen LogP contribution in [0.25, 0.3) is 0 Å². The van der Waals surface area contributed by atoms with Gasteiger partial charge in [-0.15, -0.1) is 0 Å². The molecule has 1 atom stereocenters. The number of amides is 1. The monoisotopic (exact) mass is 574 g/mol. The summed E-state index contributed by atoms with van der Waals surface area (Å²) < 4.78 is 21.4. The third-order valence-electron chi connectivity index (χ3n) is 7.37. The van der Waals surface area contributed by atoms with Gasteiger partial charge in [-0.2, -0.15) is 0 Å². The zero-order chi connectivity index (χ0) is 31.3. The maximum Gasteiger partial charge on any atom is 0.237 e. The summed E-state index contributed by atoms with van der Waals surface area (Å²) in [7, 11) is 16.3. The van der Waals surface area contributed by atoms with Crippen LogP contribution in [0.1, 0.15) is 67.6 Å². The van der Waals surface area contributed by atoms with Crippen molar-refractivity contribution in [2.75, 3.05) is 32.5 Å². The number of anilines is 1. The lowest BCUT2D eigenvalue weighted by Crippen LogP contribution is -2.56. The number of halogens is 1. The molecule has 11 heteroatoms. The fraction of sp³-hybridized carbons (Fsp3) is 0.516. The molecule has 4 radical (unpaired) electrons. The summed E-state index contributed by atoms with van der Waals surface area (Å²) in [6, 6.07) is 9.13.